The van der Waals surface area contributed by atoms with E-state index in [-0.39, 0.29) is 11.7 Å². The topological polar surface area (TPSA) is 73.5 Å². The fraction of sp³-hybridized carbons (Fsp3) is 0.588. The molecule has 0 aromatic carbocycles. The lowest BCUT2D eigenvalue weighted by Crippen LogP contribution is -2.65. The zero-order valence-corrected chi connectivity index (χ0v) is 14.1. The molecule has 1 atom stereocenters. The van der Waals surface area contributed by atoms with Crippen molar-refractivity contribution in [1.82, 2.24) is 20.0 Å². The van der Waals surface area contributed by atoms with E-state index in [1.54, 1.807) is 12.4 Å². The Morgan fingerprint density at radius 3 is 2.96 bits per heavy atom. The summed E-state index contributed by atoms with van der Waals surface area (Å²) >= 11 is 0. The first-order valence-electron chi connectivity index (χ1n) is 8.34. The minimum absolute atomic E-state index is 0.0983. The maximum absolute atomic E-state index is 6.06. The molecule has 0 bridgehead atoms. The molecule has 2 saturated heterocycles. The van der Waals surface area contributed by atoms with Crippen LogP contribution in [0.4, 0.5) is 0 Å². The molecule has 128 valence electrons. The van der Waals surface area contributed by atoms with Gasteiger partial charge in [0.1, 0.15) is 11.9 Å². The molecule has 0 amide bonds. The molecule has 24 heavy (non-hydrogen) atoms. The first-order valence-corrected chi connectivity index (χ1v) is 8.34. The minimum atomic E-state index is -0.0983. The molecule has 7 heteroatoms. The first-order chi connectivity index (χ1) is 11.6. The van der Waals surface area contributed by atoms with Gasteiger partial charge in [0.15, 0.2) is 0 Å². The number of aromatic nitrogens is 3. The maximum Gasteiger partial charge on any atom is 0.232 e. The Morgan fingerprint density at radius 1 is 1.33 bits per heavy atom. The zero-order chi connectivity index (χ0) is 16.6. The molecule has 1 spiro atoms. The Labute approximate surface area is 141 Å². The van der Waals surface area contributed by atoms with Crippen LogP contribution in [0.1, 0.15) is 30.0 Å². The summed E-state index contributed by atoms with van der Waals surface area (Å²) in [6, 6.07) is 1.98. The molecule has 2 fully saturated rings. The van der Waals surface area contributed by atoms with Crippen molar-refractivity contribution in [3.63, 3.8) is 0 Å². The Morgan fingerprint density at radius 2 is 2.21 bits per heavy atom. The van der Waals surface area contributed by atoms with Crippen molar-refractivity contribution in [2.75, 3.05) is 19.7 Å². The lowest BCUT2D eigenvalue weighted by atomic mass is 9.84. The van der Waals surface area contributed by atoms with Gasteiger partial charge >= 0.3 is 0 Å². The van der Waals surface area contributed by atoms with Crippen LogP contribution in [-0.2, 0) is 11.3 Å². The number of hydrogen-bond donors (Lipinski definition) is 0. The molecule has 2 aromatic heterocycles. The number of aryl methyl sites for hydroxylation is 2. The van der Waals surface area contributed by atoms with Gasteiger partial charge < -0.3 is 14.0 Å². The summed E-state index contributed by atoms with van der Waals surface area (Å²) in [6.45, 7) is 7.16. The Balaban J connectivity index is 1.32. The van der Waals surface area contributed by atoms with Crippen LogP contribution in [0.3, 0.4) is 0 Å². The van der Waals surface area contributed by atoms with E-state index >= 15 is 0 Å². The smallest absolute Gasteiger partial charge is 0.232 e. The van der Waals surface area contributed by atoms with Crippen LogP contribution >= 0.6 is 0 Å². The van der Waals surface area contributed by atoms with E-state index in [9.17, 15) is 0 Å². The predicted molar refractivity (Wildman–Crippen MR) is 85.6 cm³/mol. The molecule has 2 aliphatic heterocycles. The number of likely N-dealkylation sites (tertiary alicyclic amines) is 1. The summed E-state index contributed by atoms with van der Waals surface area (Å²) in [5.74, 6) is 1.45. The number of ether oxygens (including phenoxy) is 2. The lowest BCUT2D eigenvalue weighted by Gasteiger charge is -2.52. The van der Waals surface area contributed by atoms with Crippen molar-refractivity contribution in [2.45, 2.75) is 44.9 Å². The van der Waals surface area contributed by atoms with Crippen LogP contribution in [0.15, 0.2) is 23.0 Å². The van der Waals surface area contributed by atoms with Crippen LogP contribution in [0.5, 0.6) is 5.88 Å². The Kier molecular flexibility index (Phi) is 3.97. The van der Waals surface area contributed by atoms with Gasteiger partial charge in [-0.15, -0.1) is 0 Å². The van der Waals surface area contributed by atoms with Gasteiger partial charge in [-0.1, -0.05) is 5.16 Å². The molecule has 0 radical (unpaired) electrons. The summed E-state index contributed by atoms with van der Waals surface area (Å²) in [5, 5.41) is 4.05. The third-order valence-corrected chi connectivity index (χ3v) is 4.55. The Bertz CT molecular complexity index is 711. The monoisotopic (exact) mass is 330 g/mol. The van der Waals surface area contributed by atoms with Crippen molar-refractivity contribution in [1.29, 1.82) is 0 Å². The third-order valence-electron chi connectivity index (χ3n) is 4.55. The van der Waals surface area contributed by atoms with E-state index < -0.39 is 0 Å². The highest BCUT2D eigenvalue weighted by Crippen LogP contribution is 2.36. The predicted octanol–water partition coefficient (Wildman–Crippen LogP) is 1.89. The van der Waals surface area contributed by atoms with Crippen molar-refractivity contribution >= 4 is 0 Å². The van der Waals surface area contributed by atoms with Gasteiger partial charge in [-0.2, -0.15) is 0 Å². The number of nitrogens with zero attached hydrogens (tertiary/aromatic N) is 4. The molecular formula is C17H22N4O3. The van der Waals surface area contributed by atoms with Crippen LogP contribution in [0.2, 0.25) is 0 Å². The molecular weight excluding hydrogens is 308 g/mol. The van der Waals surface area contributed by atoms with Gasteiger partial charge in [-0.25, -0.2) is 4.98 Å². The second kappa shape index (κ2) is 6.14. The van der Waals surface area contributed by atoms with Crippen LogP contribution < -0.4 is 4.74 Å². The van der Waals surface area contributed by atoms with Crippen molar-refractivity contribution in [3.8, 4) is 5.88 Å². The van der Waals surface area contributed by atoms with E-state index in [2.05, 4.69) is 20.0 Å². The molecule has 7 nitrogen and oxygen atoms in total. The van der Waals surface area contributed by atoms with Crippen LogP contribution in [0.25, 0.3) is 0 Å². The third kappa shape index (κ3) is 3.27. The Hall–Kier alpha value is -1.99. The van der Waals surface area contributed by atoms with E-state index in [0.717, 1.165) is 56.2 Å². The quantitative estimate of drug-likeness (QED) is 0.847. The van der Waals surface area contributed by atoms with Crippen LogP contribution in [0, 0.1) is 13.8 Å². The highest BCUT2D eigenvalue weighted by molar-refractivity contribution is 5.10. The van der Waals surface area contributed by atoms with E-state index in [1.807, 2.05) is 19.9 Å². The zero-order valence-electron chi connectivity index (χ0n) is 14.1. The summed E-state index contributed by atoms with van der Waals surface area (Å²) in [4.78, 5) is 10.8. The van der Waals surface area contributed by atoms with E-state index in [4.69, 9.17) is 14.0 Å². The highest BCUT2D eigenvalue weighted by atomic mass is 16.5. The standard InChI is InChI=1S/C17H22N4O3/c1-12-7-18-8-16(19-12)23-15-3-4-22-17(6-15)10-21(11-17)9-14-5-13(2)24-20-14/h5,7-8,15H,3-4,6,9-11H2,1-2H3. The summed E-state index contributed by atoms with van der Waals surface area (Å²) in [5.41, 5.74) is 1.74. The molecule has 2 aliphatic rings. The van der Waals surface area contributed by atoms with Gasteiger partial charge in [0.05, 0.1) is 29.8 Å². The molecule has 4 heterocycles. The molecule has 0 aliphatic carbocycles. The molecule has 0 N–H and O–H groups in total. The molecule has 0 saturated carbocycles. The maximum atomic E-state index is 6.06. The normalized spacial score (nSPS) is 23.2. The van der Waals surface area contributed by atoms with E-state index in [0.29, 0.717) is 5.88 Å². The lowest BCUT2D eigenvalue weighted by molar-refractivity contribution is -0.188. The van der Waals surface area contributed by atoms with Crippen molar-refractivity contribution in [3.05, 3.63) is 35.6 Å². The van der Waals surface area contributed by atoms with Gasteiger partial charge in [-0.05, 0) is 13.8 Å². The minimum Gasteiger partial charge on any atom is -0.473 e. The average Bonchev–Trinajstić information content (AvgIpc) is 2.91. The molecule has 2 aromatic rings. The fourth-order valence-electron chi connectivity index (χ4n) is 3.57. The van der Waals surface area contributed by atoms with Crippen molar-refractivity contribution < 1.29 is 14.0 Å². The van der Waals surface area contributed by atoms with Gasteiger partial charge in [0.25, 0.3) is 0 Å². The second-order valence-electron chi connectivity index (χ2n) is 6.84. The summed E-state index contributed by atoms with van der Waals surface area (Å²) < 4.78 is 17.2. The van der Waals surface area contributed by atoms with Crippen molar-refractivity contribution in [2.24, 2.45) is 0 Å². The fourth-order valence-corrected chi connectivity index (χ4v) is 3.57. The number of rotatable bonds is 4. The SMILES string of the molecule is Cc1cncc(OC2CCOC3(C2)CN(Cc2cc(C)on2)C3)n1. The van der Waals surface area contributed by atoms with Crippen LogP contribution in [-0.4, -0.2) is 51.4 Å². The van der Waals surface area contributed by atoms with Gasteiger partial charge in [0, 0.05) is 44.7 Å². The summed E-state index contributed by atoms with van der Waals surface area (Å²) in [7, 11) is 0. The van der Waals surface area contributed by atoms with E-state index in [1.165, 1.54) is 0 Å². The van der Waals surface area contributed by atoms with Gasteiger partial charge in [0.2, 0.25) is 5.88 Å². The molecule has 4 rings (SSSR count). The molecule has 1 unspecified atom stereocenters. The first kappa shape index (κ1) is 15.5. The number of hydrogen-bond acceptors (Lipinski definition) is 7. The second-order valence-corrected chi connectivity index (χ2v) is 6.84. The highest BCUT2D eigenvalue weighted by Gasteiger charge is 2.48. The summed E-state index contributed by atoms with van der Waals surface area (Å²) in [6.07, 6.45) is 5.31. The largest absolute Gasteiger partial charge is 0.473 e. The average molecular weight is 330 g/mol. The van der Waals surface area contributed by atoms with Gasteiger partial charge in [-0.3, -0.25) is 9.88 Å².